The number of phosphoric ester groups is 1. The van der Waals surface area contributed by atoms with Crippen molar-refractivity contribution in [3.63, 3.8) is 0 Å². The maximum Gasteiger partial charge on any atom is 0.268 e. The van der Waals surface area contributed by atoms with Gasteiger partial charge in [-0.2, -0.15) is 0 Å². The van der Waals surface area contributed by atoms with Gasteiger partial charge in [-0.05, 0) is 51.4 Å². The fraction of sp³-hybridized carbons (Fsp3) is 0.868. The van der Waals surface area contributed by atoms with Gasteiger partial charge >= 0.3 is 0 Å². The second-order valence-electron chi connectivity index (χ2n) is 19.2. The van der Waals surface area contributed by atoms with Crippen molar-refractivity contribution in [3.8, 4) is 0 Å². The van der Waals surface area contributed by atoms with Crippen LogP contribution in [0.25, 0.3) is 0 Å². The molecular weight excluding hydrogens is 792 g/mol. The van der Waals surface area contributed by atoms with Gasteiger partial charge in [0.1, 0.15) is 13.2 Å². The lowest BCUT2D eigenvalue weighted by atomic mass is 10.0. The molecule has 8 nitrogen and oxygen atoms in total. The van der Waals surface area contributed by atoms with E-state index in [-0.39, 0.29) is 19.1 Å². The highest BCUT2D eigenvalue weighted by atomic mass is 31.2. The van der Waals surface area contributed by atoms with E-state index in [1.165, 1.54) is 161 Å². The molecule has 0 fully saturated rings. The Labute approximate surface area is 385 Å². The molecule has 0 heterocycles. The molecule has 0 aromatic carbocycles. The summed E-state index contributed by atoms with van der Waals surface area (Å²) in [6.07, 6.45) is 56.4. The number of aliphatic hydroxyl groups is 1. The molecular formula is C53H103N2O6P. The number of rotatable bonds is 48. The van der Waals surface area contributed by atoms with Gasteiger partial charge in [-0.3, -0.25) is 9.36 Å². The minimum Gasteiger partial charge on any atom is -0.756 e. The number of amides is 1. The Balaban J connectivity index is 4.25. The molecule has 0 aliphatic heterocycles. The average molecular weight is 895 g/mol. The smallest absolute Gasteiger partial charge is 0.268 e. The van der Waals surface area contributed by atoms with Crippen molar-refractivity contribution in [1.82, 2.24) is 5.32 Å². The van der Waals surface area contributed by atoms with Crippen LogP contribution in [-0.4, -0.2) is 68.5 Å². The molecule has 3 atom stereocenters. The summed E-state index contributed by atoms with van der Waals surface area (Å²) < 4.78 is 23.3. The summed E-state index contributed by atoms with van der Waals surface area (Å²) in [5.41, 5.74) is 0. The summed E-state index contributed by atoms with van der Waals surface area (Å²) >= 11 is 0. The Morgan fingerprint density at radius 3 is 1.37 bits per heavy atom. The normalized spacial score (nSPS) is 14.4. The van der Waals surface area contributed by atoms with Crippen LogP contribution in [0, 0.1) is 0 Å². The highest BCUT2D eigenvalue weighted by Crippen LogP contribution is 2.38. The van der Waals surface area contributed by atoms with E-state index in [9.17, 15) is 19.4 Å². The largest absolute Gasteiger partial charge is 0.756 e. The number of quaternary nitrogens is 1. The summed E-state index contributed by atoms with van der Waals surface area (Å²) in [7, 11) is 1.25. The van der Waals surface area contributed by atoms with Crippen LogP contribution in [0.3, 0.4) is 0 Å². The van der Waals surface area contributed by atoms with Crippen LogP contribution in [0.1, 0.15) is 245 Å². The third-order valence-electron chi connectivity index (χ3n) is 11.8. The summed E-state index contributed by atoms with van der Waals surface area (Å²) in [6.45, 7) is 4.63. The zero-order valence-electron chi connectivity index (χ0n) is 41.6. The van der Waals surface area contributed by atoms with Gasteiger partial charge in [0.15, 0.2) is 0 Å². The molecule has 0 radical (unpaired) electrons. The van der Waals surface area contributed by atoms with Gasteiger partial charge in [0.05, 0.1) is 39.9 Å². The van der Waals surface area contributed by atoms with Crippen LogP contribution < -0.4 is 10.2 Å². The number of phosphoric acid groups is 1. The standard InChI is InChI=1S/C53H103N2O6P/c1-6-8-10-12-14-16-18-20-22-23-24-25-26-27-28-29-30-31-33-34-36-38-40-42-44-46-52(56)51(50-61-62(58,59)60-49-48-55(3,4)5)54-53(57)47-45-43-41-39-37-35-32-21-19-17-15-13-11-9-7-2/h15,17,21,32,44,46,51-52,56H,6-14,16,18-20,22-31,33-43,45,47-50H2,1-5H3,(H-,54,57,58,59)/b17-15-,32-21-,46-44+. The number of allylic oxidation sites excluding steroid dienone is 5. The number of likely N-dealkylation sites (N-methyl/N-ethyl adjacent to an activating group) is 1. The molecule has 3 unspecified atom stereocenters. The first kappa shape index (κ1) is 60.7. The molecule has 9 heteroatoms. The molecule has 0 aromatic rings. The average Bonchev–Trinajstić information content (AvgIpc) is 3.23. The monoisotopic (exact) mass is 895 g/mol. The van der Waals surface area contributed by atoms with Crippen molar-refractivity contribution < 1.29 is 32.9 Å². The molecule has 0 rings (SSSR count). The first-order chi connectivity index (χ1) is 30.0. The van der Waals surface area contributed by atoms with Crippen LogP contribution >= 0.6 is 7.82 Å². The molecule has 0 bridgehead atoms. The van der Waals surface area contributed by atoms with E-state index in [1.54, 1.807) is 6.08 Å². The fourth-order valence-corrected chi connectivity index (χ4v) is 8.38. The number of nitrogens with one attached hydrogen (secondary N) is 1. The van der Waals surface area contributed by atoms with Crippen molar-refractivity contribution in [2.24, 2.45) is 0 Å². The van der Waals surface area contributed by atoms with E-state index in [1.807, 2.05) is 27.2 Å². The molecule has 62 heavy (non-hydrogen) atoms. The van der Waals surface area contributed by atoms with Crippen molar-refractivity contribution in [2.75, 3.05) is 40.9 Å². The number of carbonyl (C=O) groups excluding carboxylic acids is 1. The summed E-state index contributed by atoms with van der Waals surface area (Å²) in [6, 6.07) is -0.893. The predicted octanol–water partition coefficient (Wildman–Crippen LogP) is 14.8. The molecule has 366 valence electrons. The van der Waals surface area contributed by atoms with Crippen molar-refractivity contribution in [1.29, 1.82) is 0 Å². The van der Waals surface area contributed by atoms with Crippen LogP contribution in [-0.2, 0) is 18.4 Å². The zero-order chi connectivity index (χ0) is 45.7. The zero-order valence-corrected chi connectivity index (χ0v) is 42.5. The molecule has 0 aliphatic rings. The SMILES string of the molecule is CCCCC/C=C\C/C=C\CCCCCCCC(=O)NC(COP(=O)([O-])OCC[N+](C)(C)C)C(O)/C=C/CCCCCCCCCCCCCCCCCCCCCCCCC. The van der Waals surface area contributed by atoms with Gasteiger partial charge in [-0.15, -0.1) is 0 Å². The minimum absolute atomic E-state index is 0.00382. The Morgan fingerprint density at radius 2 is 0.935 bits per heavy atom. The lowest BCUT2D eigenvalue weighted by Gasteiger charge is -2.29. The molecule has 0 aliphatic carbocycles. The number of unbranched alkanes of at least 4 members (excludes halogenated alkanes) is 31. The summed E-state index contributed by atoms with van der Waals surface area (Å²) in [4.78, 5) is 25.4. The molecule has 0 saturated heterocycles. The van der Waals surface area contributed by atoms with Crippen molar-refractivity contribution in [2.45, 2.75) is 257 Å². The topological polar surface area (TPSA) is 108 Å². The number of carbonyl (C=O) groups is 1. The predicted molar refractivity (Wildman–Crippen MR) is 265 cm³/mol. The first-order valence-electron chi connectivity index (χ1n) is 26.4. The highest BCUT2D eigenvalue weighted by Gasteiger charge is 2.23. The van der Waals surface area contributed by atoms with E-state index >= 15 is 0 Å². The van der Waals surface area contributed by atoms with Gasteiger partial charge in [-0.25, -0.2) is 0 Å². The second kappa shape index (κ2) is 44.9. The quantitative estimate of drug-likeness (QED) is 0.0273. The molecule has 0 spiro atoms. The van der Waals surface area contributed by atoms with Crippen LogP contribution in [0.2, 0.25) is 0 Å². The van der Waals surface area contributed by atoms with Crippen LogP contribution in [0.4, 0.5) is 0 Å². The van der Waals surface area contributed by atoms with Gasteiger partial charge in [-0.1, -0.05) is 224 Å². The maximum absolute atomic E-state index is 12.9. The van der Waals surface area contributed by atoms with Crippen molar-refractivity contribution >= 4 is 13.7 Å². The number of hydrogen-bond acceptors (Lipinski definition) is 6. The van der Waals surface area contributed by atoms with Gasteiger partial charge in [0.25, 0.3) is 7.82 Å². The minimum atomic E-state index is -4.60. The van der Waals surface area contributed by atoms with Gasteiger partial charge in [0, 0.05) is 6.42 Å². The van der Waals surface area contributed by atoms with E-state index in [2.05, 4.69) is 43.5 Å². The Morgan fingerprint density at radius 1 is 0.565 bits per heavy atom. The Bertz CT molecular complexity index is 1110. The Hall–Kier alpha value is -1.28. The van der Waals surface area contributed by atoms with E-state index < -0.39 is 20.0 Å². The summed E-state index contributed by atoms with van der Waals surface area (Å²) in [5.74, 6) is -0.210. The summed E-state index contributed by atoms with van der Waals surface area (Å²) in [5, 5.41) is 13.8. The maximum atomic E-state index is 12.9. The Kier molecular flexibility index (Phi) is 44.0. The highest BCUT2D eigenvalue weighted by molar-refractivity contribution is 7.45. The van der Waals surface area contributed by atoms with Gasteiger partial charge in [0.2, 0.25) is 5.91 Å². The van der Waals surface area contributed by atoms with Crippen molar-refractivity contribution in [3.05, 3.63) is 36.5 Å². The second-order valence-corrected chi connectivity index (χ2v) is 20.6. The third-order valence-corrected chi connectivity index (χ3v) is 12.8. The van der Waals surface area contributed by atoms with E-state index in [0.717, 1.165) is 64.2 Å². The third kappa shape index (κ3) is 46.7. The number of hydrogen-bond donors (Lipinski definition) is 2. The molecule has 0 aromatic heterocycles. The first-order valence-corrected chi connectivity index (χ1v) is 27.8. The van der Waals surface area contributed by atoms with Crippen LogP contribution in [0.15, 0.2) is 36.5 Å². The lowest BCUT2D eigenvalue weighted by molar-refractivity contribution is -0.870. The fourth-order valence-electron chi connectivity index (χ4n) is 7.65. The molecule has 0 saturated carbocycles. The van der Waals surface area contributed by atoms with Crippen LogP contribution in [0.5, 0.6) is 0 Å². The number of aliphatic hydroxyl groups excluding tert-OH is 1. The molecule has 2 N–H and O–H groups in total. The molecule has 1 amide bonds. The van der Waals surface area contributed by atoms with E-state index in [0.29, 0.717) is 17.4 Å². The lowest BCUT2D eigenvalue weighted by Crippen LogP contribution is -2.45. The number of nitrogens with zero attached hydrogens (tertiary/aromatic N) is 1. The van der Waals surface area contributed by atoms with Gasteiger partial charge < -0.3 is 28.8 Å². The van der Waals surface area contributed by atoms with E-state index in [4.69, 9.17) is 9.05 Å².